The molecule has 0 N–H and O–H groups in total. The average Bonchev–Trinajstić information content (AvgIpc) is 2.50. The molecule has 90 valence electrons. The van der Waals surface area contributed by atoms with E-state index in [2.05, 4.69) is 9.97 Å². The van der Waals surface area contributed by atoms with Gasteiger partial charge in [-0.3, -0.25) is 0 Å². The SMILES string of the molecule is CC(C)(C)OC(=O)n1c(Cl)nc2ncccc21. The first kappa shape index (κ1) is 11.9. The fourth-order valence-corrected chi connectivity index (χ4v) is 1.61. The van der Waals surface area contributed by atoms with Gasteiger partial charge in [0.2, 0.25) is 5.28 Å². The van der Waals surface area contributed by atoms with Crippen molar-refractivity contribution in [1.29, 1.82) is 0 Å². The Labute approximate surface area is 103 Å². The monoisotopic (exact) mass is 253 g/mol. The Bertz CT molecular complexity index is 572. The minimum absolute atomic E-state index is 0.0490. The zero-order valence-electron chi connectivity index (χ0n) is 9.77. The number of imidazole rings is 1. The highest BCUT2D eigenvalue weighted by atomic mass is 35.5. The van der Waals surface area contributed by atoms with Gasteiger partial charge < -0.3 is 4.74 Å². The van der Waals surface area contributed by atoms with Crippen molar-refractivity contribution >= 4 is 28.9 Å². The highest BCUT2D eigenvalue weighted by Gasteiger charge is 2.22. The summed E-state index contributed by atoms with van der Waals surface area (Å²) in [4.78, 5) is 19.9. The molecule has 0 amide bonds. The topological polar surface area (TPSA) is 57.0 Å². The van der Waals surface area contributed by atoms with E-state index in [1.165, 1.54) is 4.57 Å². The summed E-state index contributed by atoms with van der Waals surface area (Å²) in [7, 11) is 0. The van der Waals surface area contributed by atoms with E-state index >= 15 is 0 Å². The fourth-order valence-electron chi connectivity index (χ4n) is 1.37. The minimum atomic E-state index is -0.584. The first-order valence-electron chi connectivity index (χ1n) is 5.11. The molecule has 0 atom stereocenters. The van der Waals surface area contributed by atoms with Crippen LogP contribution in [0.15, 0.2) is 18.3 Å². The molecule has 0 saturated carbocycles. The average molecular weight is 254 g/mol. The van der Waals surface area contributed by atoms with Crippen LogP contribution < -0.4 is 0 Å². The van der Waals surface area contributed by atoms with Crippen LogP contribution in [0.4, 0.5) is 4.79 Å². The number of rotatable bonds is 0. The van der Waals surface area contributed by atoms with Crippen molar-refractivity contribution in [3.8, 4) is 0 Å². The number of hydrogen-bond donors (Lipinski definition) is 0. The summed E-state index contributed by atoms with van der Waals surface area (Å²) in [5.41, 5.74) is 0.370. The molecule has 0 unspecified atom stereocenters. The Kier molecular flexibility index (Phi) is 2.79. The third kappa shape index (κ3) is 2.39. The summed E-state index contributed by atoms with van der Waals surface area (Å²) in [6.45, 7) is 5.36. The predicted octanol–water partition coefficient (Wildman–Crippen LogP) is 2.87. The molecule has 0 aliphatic rings. The number of ether oxygens (including phenoxy) is 1. The molecule has 2 rings (SSSR count). The second-order valence-corrected chi connectivity index (χ2v) is 4.88. The van der Waals surface area contributed by atoms with Gasteiger partial charge in [-0.2, -0.15) is 4.98 Å². The minimum Gasteiger partial charge on any atom is -0.443 e. The molecular formula is C11H12ClN3O2. The van der Waals surface area contributed by atoms with Crippen molar-refractivity contribution in [2.45, 2.75) is 26.4 Å². The number of halogens is 1. The van der Waals surface area contributed by atoms with Gasteiger partial charge in [-0.25, -0.2) is 14.3 Å². The highest BCUT2D eigenvalue weighted by molar-refractivity contribution is 6.30. The van der Waals surface area contributed by atoms with Gasteiger partial charge in [0.25, 0.3) is 0 Å². The van der Waals surface area contributed by atoms with Crippen LogP contribution in [0, 0.1) is 0 Å². The van der Waals surface area contributed by atoms with Crippen LogP contribution in [0.5, 0.6) is 0 Å². The lowest BCUT2D eigenvalue weighted by atomic mass is 10.2. The molecule has 2 aromatic rings. The first-order chi connectivity index (χ1) is 7.88. The van der Waals surface area contributed by atoms with Gasteiger partial charge in [0.05, 0.1) is 5.52 Å². The predicted molar refractivity (Wildman–Crippen MR) is 64.2 cm³/mol. The van der Waals surface area contributed by atoms with Crippen LogP contribution in [0.2, 0.25) is 5.28 Å². The Balaban J connectivity index is 2.48. The molecule has 0 aliphatic heterocycles. The number of aromatic nitrogens is 3. The van der Waals surface area contributed by atoms with E-state index in [-0.39, 0.29) is 5.28 Å². The standard InChI is InChI=1S/C11H12ClN3O2/c1-11(2,3)17-10(16)15-7-5-4-6-13-8(7)14-9(15)12/h4-6H,1-3H3. The molecule has 5 nitrogen and oxygen atoms in total. The van der Waals surface area contributed by atoms with Gasteiger partial charge in [-0.15, -0.1) is 0 Å². The summed E-state index contributed by atoms with van der Waals surface area (Å²) < 4.78 is 6.45. The zero-order valence-corrected chi connectivity index (χ0v) is 10.5. The number of pyridine rings is 1. The van der Waals surface area contributed by atoms with Gasteiger partial charge in [-0.1, -0.05) is 0 Å². The largest absolute Gasteiger partial charge is 0.443 e. The Morgan fingerprint density at radius 3 is 2.82 bits per heavy atom. The Morgan fingerprint density at radius 1 is 1.47 bits per heavy atom. The molecule has 0 aromatic carbocycles. The molecule has 0 aliphatic carbocycles. The number of fused-ring (bicyclic) bond motifs is 1. The van der Waals surface area contributed by atoms with Crippen molar-refractivity contribution in [3.05, 3.63) is 23.6 Å². The van der Waals surface area contributed by atoms with Crippen molar-refractivity contribution < 1.29 is 9.53 Å². The van der Waals surface area contributed by atoms with Crippen LogP contribution in [-0.4, -0.2) is 26.2 Å². The zero-order chi connectivity index (χ0) is 12.6. The molecule has 2 heterocycles. The molecule has 0 bridgehead atoms. The quantitative estimate of drug-likeness (QED) is 0.724. The maximum Gasteiger partial charge on any atom is 0.421 e. The summed E-state index contributed by atoms with van der Waals surface area (Å²) in [5, 5.41) is 0.0490. The molecule has 0 saturated heterocycles. The van der Waals surface area contributed by atoms with Gasteiger partial charge in [0, 0.05) is 6.20 Å². The molecular weight excluding hydrogens is 242 g/mol. The van der Waals surface area contributed by atoms with E-state index in [1.807, 2.05) is 0 Å². The lowest BCUT2D eigenvalue weighted by Gasteiger charge is -2.19. The van der Waals surface area contributed by atoms with Crippen LogP contribution in [-0.2, 0) is 4.74 Å². The Morgan fingerprint density at radius 2 is 2.18 bits per heavy atom. The van der Waals surface area contributed by atoms with Crippen molar-refractivity contribution in [2.24, 2.45) is 0 Å². The normalized spacial score (nSPS) is 11.8. The summed E-state index contributed by atoms with van der Waals surface area (Å²) in [6.07, 6.45) is 1.03. The molecule has 17 heavy (non-hydrogen) atoms. The van der Waals surface area contributed by atoms with Crippen molar-refractivity contribution in [2.75, 3.05) is 0 Å². The summed E-state index contributed by atoms with van der Waals surface area (Å²) in [6, 6.07) is 3.42. The fraction of sp³-hybridized carbons (Fsp3) is 0.364. The van der Waals surface area contributed by atoms with Crippen LogP contribution in [0.25, 0.3) is 11.2 Å². The van der Waals surface area contributed by atoms with Crippen LogP contribution in [0.3, 0.4) is 0 Å². The van der Waals surface area contributed by atoms with E-state index in [9.17, 15) is 4.79 Å². The van der Waals surface area contributed by atoms with Gasteiger partial charge in [0.15, 0.2) is 5.65 Å². The second-order valence-electron chi connectivity index (χ2n) is 4.54. The number of carbonyl (C=O) groups excluding carboxylic acids is 1. The smallest absolute Gasteiger partial charge is 0.421 e. The molecule has 2 aromatic heterocycles. The van der Waals surface area contributed by atoms with Crippen LogP contribution in [0.1, 0.15) is 20.8 Å². The molecule has 0 fully saturated rings. The second kappa shape index (κ2) is 4.00. The van der Waals surface area contributed by atoms with Crippen LogP contribution >= 0.6 is 11.6 Å². The number of hydrogen-bond acceptors (Lipinski definition) is 4. The van der Waals surface area contributed by atoms with Gasteiger partial charge >= 0.3 is 6.09 Å². The van der Waals surface area contributed by atoms with E-state index in [0.717, 1.165) is 0 Å². The van der Waals surface area contributed by atoms with E-state index in [1.54, 1.807) is 39.1 Å². The maximum atomic E-state index is 11.9. The molecule has 0 radical (unpaired) electrons. The summed E-state index contributed by atoms with van der Waals surface area (Å²) >= 11 is 5.90. The molecule has 6 heteroatoms. The third-order valence-corrected chi connectivity index (χ3v) is 2.22. The lowest BCUT2D eigenvalue weighted by Crippen LogP contribution is -2.27. The van der Waals surface area contributed by atoms with E-state index in [0.29, 0.717) is 11.2 Å². The highest BCUT2D eigenvalue weighted by Crippen LogP contribution is 2.19. The first-order valence-corrected chi connectivity index (χ1v) is 5.48. The Hall–Kier alpha value is -1.62. The van der Waals surface area contributed by atoms with E-state index in [4.69, 9.17) is 16.3 Å². The van der Waals surface area contributed by atoms with Crippen molar-refractivity contribution in [3.63, 3.8) is 0 Å². The number of nitrogens with zero attached hydrogens (tertiary/aromatic N) is 3. The van der Waals surface area contributed by atoms with Gasteiger partial charge in [0.1, 0.15) is 5.60 Å². The van der Waals surface area contributed by atoms with Gasteiger partial charge in [-0.05, 0) is 44.5 Å². The molecule has 0 spiro atoms. The lowest BCUT2D eigenvalue weighted by molar-refractivity contribution is 0.0544. The number of carbonyl (C=O) groups is 1. The van der Waals surface area contributed by atoms with Crippen molar-refractivity contribution in [1.82, 2.24) is 14.5 Å². The third-order valence-electron chi connectivity index (χ3n) is 1.97. The maximum absolute atomic E-state index is 11.9. The van der Waals surface area contributed by atoms with E-state index < -0.39 is 11.7 Å². The summed E-state index contributed by atoms with van der Waals surface area (Å²) in [5.74, 6) is 0.